The summed E-state index contributed by atoms with van der Waals surface area (Å²) in [6.45, 7) is 0.712. The van der Waals surface area contributed by atoms with Gasteiger partial charge in [-0.05, 0) is 12.1 Å². The van der Waals surface area contributed by atoms with Crippen LogP contribution in [0.1, 0.15) is 0 Å². The number of hydrogen-bond donors (Lipinski definition) is 1. The third-order valence-corrected chi connectivity index (χ3v) is 5.15. The van der Waals surface area contributed by atoms with Crippen LogP contribution in [0.3, 0.4) is 0 Å². The minimum atomic E-state index is -0.683. The van der Waals surface area contributed by atoms with Crippen LogP contribution in [-0.2, 0) is 14.3 Å². The average Bonchev–Trinajstić information content (AvgIpc) is 2.53. The molecule has 0 aromatic heterocycles. The number of carbonyl (C=O) groups excluding carboxylic acids is 2. The normalized spacial score (nSPS) is 15.2. The van der Waals surface area contributed by atoms with E-state index in [1.807, 2.05) is 29.2 Å². The molecular formula is C14H18N2O3S2. The molecule has 1 aliphatic rings. The van der Waals surface area contributed by atoms with Crippen LogP contribution in [0.15, 0.2) is 29.2 Å². The molecule has 21 heavy (non-hydrogen) atoms. The van der Waals surface area contributed by atoms with E-state index in [4.69, 9.17) is 5.73 Å². The maximum absolute atomic E-state index is 12.3. The highest BCUT2D eigenvalue weighted by molar-refractivity contribution is 8.00. The smallest absolute Gasteiger partial charge is 0.323 e. The van der Waals surface area contributed by atoms with E-state index < -0.39 is 12.0 Å². The fourth-order valence-corrected chi connectivity index (χ4v) is 3.83. The minimum absolute atomic E-state index is 0.0461. The van der Waals surface area contributed by atoms with Gasteiger partial charge in [-0.25, -0.2) is 0 Å². The lowest BCUT2D eigenvalue weighted by molar-refractivity contribution is -0.141. The molecule has 1 atom stereocenters. The summed E-state index contributed by atoms with van der Waals surface area (Å²) in [5, 5.41) is 0. The Kier molecular flexibility index (Phi) is 5.96. The number of amides is 1. The summed E-state index contributed by atoms with van der Waals surface area (Å²) in [5.74, 6) is 1.18. The van der Waals surface area contributed by atoms with Crippen molar-refractivity contribution in [1.82, 2.24) is 0 Å². The molecule has 0 spiro atoms. The van der Waals surface area contributed by atoms with E-state index in [0.29, 0.717) is 18.1 Å². The van der Waals surface area contributed by atoms with Gasteiger partial charge in [-0.2, -0.15) is 0 Å². The van der Waals surface area contributed by atoms with Crippen molar-refractivity contribution in [2.45, 2.75) is 10.9 Å². The third-order valence-electron chi connectivity index (χ3n) is 3.06. The van der Waals surface area contributed by atoms with E-state index in [9.17, 15) is 9.59 Å². The lowest BCUT2D eigenvalue weighted by Crippen LogP contribution is -2.38. The molecule has 0 aliphatic carbocycles. The van der Waals surface area contributed by atoms with Gasteiger partial charge in [0, 0.05) is 22.9 Å². The van der Waals surface area contributed by atoms with Crippen LogP contribution in [-0.4, -0.2) is 48.8 Å². The molecule has 7 heteroatoms. The second-order valence-corrected chi connectivity index (χ2v) is 6.67. The van der Waals surface area contributed by atoms with Crippen molar-refractivity contribution in [2.75, 3.05) is 35.8 Å². The van der Waals surface area contributed by atoms with Crippen molar-refractivity contribution in [1.29, 1.82) is 0 Å². The summed E-state index contributed by atoms with van der Waals surface area (Å²) in [6.07, 6.45) is 0. The Morgan fingerprint density at radius 1 is 1.48 bits per heavy atom. The summed E-state index contributed by atoms with van der Waals surface area (Å²) in [6, 6.07) is 7.22. The molecule has 0 fully saturated rings. The molecule has 0 radical (unpaired) electrons. The monoisotopic (exact) mass is 326 g/mol. The zero-order valence-corrected chi connectivity index (χ0v) is 13.4. The highest BCUT2D eigenvalue weighted by Gasteiger charge is 2.23. The predicted octanol–water partition coefficient (Wildman–Crippen LogP) is 1.36. The molecule has 1 aromatic rings. The summed E-state index contributed by atoms with van der Waals surface area (Å²) in [5.41, 5.74) is 6.61. The zero-order chi connectivity index (χ0) is 15.2. The van der Waals surface area contributed by atoms with E-state index in [1.54, 1.807) is 11.8 Å². The number of benzene rings is 1. The highest BCUT2D eigenvalue weighted by atomic mass is 32.2. The quantitative estimate of drug-likeness (QED) is 0.824. The van der Waals surface area contributed by atoms with Gasteiger partial charge in [-0.1, -0.05) is 12.1 Å². The first kappa shape index (κ1) is 16.2. The van der Waals surface area contributed by atoms with Gasteiger partial charge in [-0.15, -0.1) is 23.5 Å². The maximum Gasteiger partial charge on any atom is 0.323 e. The Balaban J connectivity index is 1.89. The molecule has 2 rings (SSSR count). The van der Waals surface area contributed by atoms with Gasteiger partial charge in [0.25, 0.3) is 0 Å². The number of ether oxygens (including phenoxy) is 1. The van der Waals surface area contributed by atoms with Crippen molar-refractivity contribution in [3.05, 3.63) is 24.3 Å². The number of anilines is 1. The van der Waals surface area contributed by atoms with Crippen LogP contribution >= 0.6 is 23.5 Å². The van der Waals surface area contributed by atoms with Gasteiger partial charge in [0.2, 0.25) is 5.91 Å². The van der Waals surface area contributed by atoms with E-state index in [0.717, 1.165) is 16.3 Å². The van der Waals surface area contributed by atoms with Gasteiger partial charge in [0.1, 0.15) is 6.04 Å². The molecule has 1 amide bonds. The van der Waals surface area contributed by atoms with Crippen LogP contribution in [0.5, 0.6) is 0 Å². The zero-order valence-electron chi connectivity index (χ0n) is 11.8. The van der Waals surface area contributed by atoms with Gasteiger partial charge in [0.05, 0.1) is 18.6 Å². The molecule has 2 N–H and O–H groups in total. The van der Waals surface area contributed by atoms with E-state index >= 15 is 0 Å². The standard InChI is InChI=1S/C14H18N2O3S2/c1-19-14(18)10(15)8-20-9-13(17)16-6-7-21-12-5-3-2-4-11(12)16/h2-5,10H,6-9,15H2,1H3. The molecule has 1 aliphatic heterocycles. The SMILES string of the molecule is COC(=O)C(N)CSCC(=O)N1CCSc2ccccc21. The van der Waals surface area contributed by atoms with E-state index in [2.05, 4.69) is 4.74 Å². The number of rotatable bonds is 5. The van der Waals surface area contributed by atoms with Gasteiger partial charge < -0.3 is 15.4 Å². The first-order chi connectivity index (χ1) is 10.1. The molecule has 0 saturated heterocycles. The first-order valence-corrected chi connectivity index (χ1v) is 8.71. The summed E-state index contributed by atoms with van der Waals surface area (Å²) in [7, 11) is 1.31. The number of esters is 1. The number of nitrogens with zero attached hydrogens (tertiary/aromatic N) is 1. The molecule has 5 nitrogen and oxygen atoms in total. The van der Waals surface area contributed by atoms with Crippen molar-refractivity contribution in [3.8, 4) is 0 Å². The lowest BCUT2D eigenvalue weighted by atomic mass is 10.3. The Morgan fingerprint density at radius 2 is 2.24 bits per heavy atom. The van der Waals surface area contributed by atoms with Crippen molar-refractivity contribution >= 4 is 41.1 Å². The van der Waals surface area contributed by atoms with Crippen LogP contribution in [0.4, 0.5) is 5.69 Å². The fourth-order valence-electron chi connectivity index (χ4n) is 2.00. The molecule has 0 bridgehead atoms. The van der Waals surface area contributed by atoms with Crippen molar-refractivity contribution < 1.29 is 14.3 Å². The molecule has 1 aromatic carbocycles. The molecule has 0 saturated carbocycles. The lowest BCUT2D eigenvalue weighted by Gasteiger charge is -2.29. The van der Waals surface area contributed by atoms with E-state index in [1.165, 1.54) is 18.9 Å². The number of thioether (sulfide) groups is 2. The molecule has 114 valence electrons. The Labute approximate surface area is 132 Å². The van der Waals surface area contributed by atoms with E-state index in [-0.39, 0.29) is 5.91 Å². The van der Waals surface area contributed by atoms with Crippen LogP contribution in [0.25, 0.3) is 0 Å². The number of para-hydroxylation sites is 1. The van der Waals surface area contributed by atoms with Crippen LogP contribution in [0.2, 0.25) is 0 Å². The highest BCUT2D eigenvalue weighted by Crippen LogP contribution is 2.34. The number of methoxy groups -OCH3 is 1. The number of carbonyl (C=O) groups is 2. The van der Waals surface area contributed by atoms with Crippen LogP contribution < -0.4 is 10.6 Å². The maximum atomic E-state index is 12.3. The average molecular weight is 326 g/mol. The van der Waals surface area contributed by atoms with Crippen molar-refractivity contribution in [2.24, 2.45) is 5.73 Å². The van der Waals surface area contributed by atoms with Gasteiger partial charge in [0.15, 0.2) is 0 Å². The first-order valence-electron chi connectivity index (χ1n) is 6.57. The number of nitrogens with two attached hydrogens (primary N) is 1. The summed E-state index contributed by atoms with van der Waals surface area (Å²) in [4.78, 5) is 26.5. The van der Waals surface area contributed by atoms with Gasteiger partial charge >= 0.3 is 5.97 Å². The molecule has 1 unspecified atom stereocenters. The minimum Gasteiger partial charge on any atom is -0.468 e. The third kappa shape index (κ3) is 4.15. The Morgan fingerprint density at radius 3 is 3.00 bits per heavy atom. The van der Waals surface area contributed by atoms with Crippen molar-refractivity contribution in [3.63, 3.8) is 0 Å². The largest absolute Gasteiger partial charge is 0.468 e. The number of fused-ring (bicyclic) bond motifs is 1. The molecule has 1 heterocycles. The second-order valence-electron chi connectivity index (χ2n) is 4.51. The van der Waals surface area contributed by atoms with Crippen LogP contribution in [0, 0.1) is 0 Å². The Bertz CT molecular complexity index is 525. The fraction of sp³-hybridized carbons (Fsp3) is 0.429. The van der Waals surface area contributed by atoms with Gasteiger partial charge in [-0.3, -0.25) is 9.59 Å². The summed E-state index contributed by atoms with van der Waals surface area (Å²) < 4.78 is 4.56. The number of hydrogen-bond acceptors (Lipinski definition) is 6. The predicted molar refractivity (Wildman–Crippen MR) is 86.8 cm³/mol. The Hall–Kier alpha value is -1.18. The topological polar surface area (TPSA) is 72.6 Å². The summed E-state index contributed by atoms with van der Waals surface area (Å²) >= 11 is 3.12. The molecular weight excluding hydrogens is 308 g/mol. The second kappa shape index (κ2) is 7.72.